The first-order valence-corrected chi connectivity index (χ1v) is 10.8. The van der Waals surface area contributed by atoms with Crippen LogP contribution in [-0.4, -0.2) is 19.9 Å². The Labute approximate surface area is 195 Å². The molecule has 4 aromatic heterocycles. The highest BCUT2D eigenvalue weighted by Crippen LogP contribution is 2.30. The van der Waals surface area contributed by atoms with Gasteiger partial charge < -0.3 is 9.47 Å². The lowest BCUT2D eigenvalue weighted by Gasteiger charge is -2.10. The minimum Gasteiger partial charge on any atom is -0.420 e. The zero-order valence-corrected chi connectivity index (χ0v) is 18.0. The third kappa shape index (κ3) is 3.89. The van der Waals surface area contributed by atoms with Gasteiger partial charge in [-0.3, -0.25) is 0 Å². The summed E-state index contributed by atoms with van der Waals surface area (Å²) >= 11 is 0. The quantitative estimate of drug-likeness (QED) is 0.292. The van der Waals surface area contributed by atoms with Gasteiger partial charge in [0.05, 0.1) is 11.4 Å². The molecule has 2 aromatic carbocycles. The molecule has 0 spiro atoms. The minimum absolute atomic E-state index is 0.435. The third-order valence-corrected chi connectivity index (χ3v) is 5.39. The standard InChI is InChI=1S/C28H18N4O2/c1-3-9-21-19(7-1)15-17-29-27(21)33-25-13-5-11-23(31-25)24-12-6-14-26(32-24)34-28-22-10-4-2-8-20(22)16-18-30-28/h1-18H. The molecule has 0 atom stereocenters. The molecule has 0 bridgehead atoms. The summed E-state index contributed by atoms with van der Waals surface area (Å²) < 4.78 is 12.1. The van der Waals surface area contributed by atoms with E-state index < -0.39 is 0 Å². The molecule has 6 aromatic rings. The van der Waals surface area contributed by atoms with Gasteiger partial charge >= 0.3 is 0 Å². The Bertz CT molecular complexity index is 1500. The molecular formula is C28H18N4O2. The smallest absolute Gasteiger partial charge is 0.229 e. The van der Waals surface area contributed by atoms with Crippen molar-refractivity contribution in [3.05, 3.63) is 109 Å². The van der Waals surface area contributed by atoms with Crippen LogP contribution in [0.3, 0.4) is 0 Å². The van der Waals surface area contributed by atoms with Gasteiger partial charge in [-0.15, -0.1) is 0 Å². The molecule has 0 radical (unpaired) electrons. The Morgan fingerprint density at radius 3 is 1.41 bits per heavy atom. The van der Waals surface area contributed by atoms with E-state index in [0.29, 0.717) is 34.9 Å². The normalized spacial score (nSPS) is 10.9. The minimum atomic E-state index is 0.435. The summed E-state index contributed by atoms with van der Waals surface area (Å²) in [4.78, 5) is 18.1. The van der Waals surface area contributed by atoms with Gasteiger partial charge in [-0.2, -0.15) is 0 Å². The largest absolute Gasteiger partial charge is 0.420 e. The van der Waals surface area contributed by atoms with Crippen LogP contribution in [-0.2, 0) is 0 Å². The maximum Gasteiger partial charge on any atom is 0.229 e. The number of fused-ring (bicyclic) bond motifs is 2. The summed E-state index contributed by atoms with van der Waals surface area (Å²) in [5, 5.41) is 3.95. The van der Waals surface area contributed by atoms with E-state index in [-0.39, 0.29) is 0 Å². The zero-order valence-electron chi connectivity index (χ0n) is 18.0. The van der Waals surface area contributed by atoms with E-state index in [2.05, 4.69) is 19.9 Å². The first-order valence-electron chi connectivity index (χ1n) is 10.8. The van der Waals surface area contributed by atoms with Crippen LogP contribution in [0.5, 0.6) is 23.5 Å². The summed E-state index contributed by atoms with van der Waals surface area (Å²) in [6.07, 6.45) is 3.45. The molecule has 0 N–H and O–H groups in total. The average molecular weight is 442 g/mol. The summed E-state index contributed by atoms with van der Waals surface area (Å²) in [5.41, 5.74) is 1.32. The lowest BCUT2D eigenvalue weighted by Crippen LogP contribution is -1.96. The van der Waals surface area contributed by atoms with Gasteiger partial charge in [0.25, 0.3) is 0 Å². The summed E-state index contributed by atoms with van der Waals surface area (Å²) in [5.74, 6) is 1.89. The van der Waals surface area contributed by atoms with Crippen molar-refractivity contribution in [3.63, 3.8) is 0 Å². The Balaban J connectivity index is 1.30. The van der Waals surface area contributed by atoms with Crippen LogP contribution in [0.1, 0.15) is 0 Å². The molecule has 0 unspecified atom stereocenters. The van der Waals surface area contributed by atoms with E-state index in [0.717, 1.165) is 21.5 Å². The van der Waals surface area contributed by atoms with E-state index in [1.165, 1.54) is 0 Å². The fourth-order valence-electron chi connectivity index (χ4n) is 3.77. The number of ether oxygens (including phenoxy) is 2. The van der Waals surface area contributed by atoms with Crippen molar-refractivity contribution in [1.29, 1.82) is 0 Å². The number of hydrogen-bond donors (Lipinski definition) is 0. The first kappa shape index (κ1) is 19.8. The summed E-state index contributed by atoms with van der Waals surface area (Å²) in [6.45, 7) is 0. The second-order valence-corrected chi connectivity index (χ2v) is 7.60. The van der Waals surface area contributed by atoms with Crippen molar-refractivity contribution in [2.45, 2.75) is 0 Å². The molecule has 0 saturated heterocycles. The lowest BCUT2D eigenvalue weighted by molar-refractivity contribution is 0.448. The van der Waals surface area contributed by atoms with Crippen molar-refractivity contribution in [1.82, 2.24) is 19.9 Å². The fraction of sp³-hybridized carbons (Fsp3) is 0. The Hall–Kier alpha value is -4.84. The van der Waals surface area contributed by atoms with Crippen molar-refractivity contribution in [2.75, 3.05) is 0 Å². The molecule has 0 fully saturated rings. The topological polar surface area (TPSA) is 70.0 Å². The van der Waals surface area contributed by atoms with Gasteiger partial charge in [0.15, 0.2) is 0 Å². The van der Waals surface area contributed by atoms with Crippen LogP contribution in [0.2, 0.25) is 0 Å². The molecule has 0 aliphatic rings. The molecule has 0 aliphatic carbocycles. The molecule has 4 heterocycles. The highest BCUT2D eigenvalue weighted by atomic mass is 16.5. The molecule has 162 valence electrons. The van der Waals surface area contributed by atoms with Gasteiger partial charge in [-0.1, -0.05) is 48.5 Å². The van der Waals surface area contributed by atoms with Crippen LogP contribution in [0, 0.1) is 0 Å². The SMILES string of the molecule is c1cc(Oc2nccc3ccccc23)nc(-c2cccc(Oc3nccc4ccccc34)n2)c1. The molecule has 0 amide bonds. The van der Waals surface area contributed by atoms with E-state index in [1.807, 2.05) is 84.9 Å². The molecule has 6 heteroatoms. The van der Waals surface area contributed by atoms with Gasteiger partial charge in [0, 0.05) is 35.3 Å². The highest BCUT2D eigenvalue weighted by Gasteiger charge is 2.10. The number of nitrogens with zero attached hydrogens (tertiary/aromatic N) is 4. The van der Waals surface area contributed by atoms with Crippen LogP contribution < -0.4 is 9.47 Å². The van der Waals surface area contributed by atoms with Crippen molar-refractivity contribution in [3.8, 4) is 34.9 Å². The van der Waals surface area contributed by atoms with Gasteiger partial charge in [-0.25, -0.2) is 19.9 Å². The molecule has 6 nitrogen and oxygen atoms in total. The Kier molecular flexibility index (Phi) is 5.01. The molecular weight excluding hydrogens is 424 g/mol. The number of rotatable bonds is 5. The van der Waals surface area contributed by atoms with E-state index in [1.54, 1.807) is 24.5 Å². The van der Waals surface area contributed by atoms with Gasteiger partial charge in [0.1, 0.15) is 0 Å². The second-order valence-electron chi connectivity index (χ2n) is 7.60. The van der Waals surface area contributed by atoms with E-state index in [4.69, 9.17) is 9.47 Å². The average Bonchev–Trinajstić information content (AvgIpc) is 2.90. The van der Waals surface area contributed by atoms with E-state index >= 15 is 0 Å². The van der Waals surface area contributed by atoms with Gasteiger partial charge in [0.2, 0.25) is 23.5 Å². The molecule has 34 heavy (non-hydrogen) atoms. The van der Waals surface area contributed by atoms with E-state index in [9.17, 15) is 0 Å². The van der Waals surface area contributed by atoms with Crippen LogP contribution in [0.15, 0.2) is 109 Å². The highest BCUT2D eigenvalue weighted by molar-refractivity contribution is 5.87. The first-order chi connectivity index (χ1) is 16.8. The van der Waals surface area contributed by atoms with Crippen LogP contribution in [0.25, 0.3) is 32.9 Å². The number of pyridine rings is 4. The van der Waals surface area contributed by atoms with Crippen LogP contribution >= 0.6 is 0 Å². The fourth-order valence-corrected chi connectivity index (χ4v) is 3.77. The maximum absolute atomic E-state index is 6.04. The summed E-state index contributed by atoms with van der Waals surface area (Å²) in [7, 11) is 0. The lowest BCUT2D eigenvalue weighted by atomic mass is 10.2. The molecule has 6 rings (SSSR count). The Morgan fingerprint density at radius 1 is 0.441 bits per heavy atom. The van der Waals surface area contributed by atoms with Crippen molar-refractivity contribution >= 4 is 21.5 Å². The van der Waals surface area contributed by atoms with Gasteiger partial charge in [-0.05, 0) is 47.2 Å². The second kappa shape index (κ2) is 8.60. The maximum atomic E-state index is 6.04. The number of hydrogen-bond acceptors (Lipinski definition) is 6. The monoisotopic (exact) mass is 442 g/mol. The summed E-state index contributed by atoms with van der Waals surface area (Å²) in [6, 6.07) is 30.9. The third-order valence-electron chi connectivity index (χ3n) is 5.39. The zero-order chi connectivity index (χ0) is 22.7. The number of benzene rings is 2. The molecule has 0 saturated carbocycles. The molecule has 0 aliphatic heterocycles. The Morgan fingerprint density at radius 2 is 0.912 bits per heavy atom. The van der Waals surface area contributed by atoms with Crippen molar-refractivity contribution < 1.29 is 9.47 Å². The predicted octanol–water partition coefficient (Wildman–Crippen LogP) is 6.82. The predicted molar refractivity (Wildman–Crippen MR) is 131 cm³/mol. The van der Waals surface area contributed by atoms with Crippen molar-refractivity contribution in [2.24, 2.45) is 0 Å². The number of aromatic nitrogens is 4. The van der Waals surface area contributed by atoms with Crippen LogP contribution in [0.4, 0.5) is 0 Å².